The average molecular weight is 355 g/mol. The lowest BCUT2D eigenvalue weighted by Gasteiger charge is -2.22. The van der Waals surface area contributed by atoms with Crippen molar-refractivity contribution in [3.8, 4) is 0 Å². The summed E-state index contributed by atoms with van der Waals surface area (Å²) in [4.78, 5) is 3.70. The lowest BCUT2D eigenvalue weighted by atomic mass is 9.87. The molecule has 1 atom stereocenters. The molecule has 1 N–H and O–H groups in total. The van der Waals surface area contributed by atoms with Crippen molar-refractivity contribution in [2.24, 2.45) is 5.92 Å². The number of hydrogen-bond donors (Lipinski definition) is 1. The molecular weight excluding hydrogens is 334 g/mol. The number of nitrogens with one attached hydrogen (secondary N) is 1. The molecule has 0 radical (unpaired) electrons. The predicted molar refractivity (Wildman–Crippen MR) is 98.1 cm³/mol. The molecule has 4 nitrogen and oxygen atoms in total. The quantitative estimate of drug-likeness (QED) is 0.720. The minimum atomic E-state index is -3.69. The second-order valence-electron chi connectivity index (χ2n) is 6.79. The summed E-state index contributed by atoms with van der Waals surface area (Å²) in [6, 6.07) is 15.0. The van der Waals surface area contributed by atoms with Gasteiger partial charge in [-0.05, 0) is 55.9 Å². The van der Waals surface area contributed by atoms with Crippen LogP contribution in [0.2, 0.25) is 0 Å². The van der Waals surface area contributed by atoms with Crippen molar-refractivity contribution in [3.63, 3.8) is 0 Å². The first kappa shape index (κ1) is 16.4. The third-order valence-electron chi connectivity index (χ3n) is 4.97. The highest BCUT2D eigenvalue weighted by Gasteiger charge is 2.25. The maximum Gasteiger partial charge on any atom is 0.296 e. The number of aromatic nitrogens is 1. The molecule has 5 heteroatoms. The molecule has 25 heavy (non-hydrogen) atoms. The monoisotopic (exact) mass is 355 g/mol. The highest BCUT2D eigenvalue weighted by Crippen LogP contribution is 2.32. The van der Waals surface area contributed by atoms with E-state index in [9.17, 15) is 8.42 Å². The summed E-state index contributed by atoms with van der Waals surface area (Å²) >= 11 is 0. The molecule has 1 aliphatic carbocycles. The highest BCUT2D eigenvalue weighted by molar-refractivity contribution is 7.86. The number of benzene rings is 2. The molecule has 0 amide bonds. The van der Waals surface area contributed by atoms with Crippen LogP contribution in [0, 0.1) is 12.8 Å². The number of hydrogen-bond acceptors (Lipinski definition) is 3. The van der Waals surface area contributed by atoms with Gasteiger partial charge in [0.15, 0.2) is 0 Å². The van der Waals surface area contributed by atoms with Gasteiger partial charge in [0, 0.05) is 16.6 Å². The normalized spacial score (nSPS) is 17.6. The molecule has 1 aliphatic rings. The molecule has 2 aromatic carbocycles. The van der Waals surface area contributed by atoms with Gasteiger partial charge in [0.25, 0.3) is 10.1 Å². The third-order valence-corrected chi connectivity index (χ3v) is 6.26. The van der Waals surface area contributed by atoms with Crippen molar-refractivity contribution in [3.05, 3.63) is 65.4 Å². The summed E-state index contributed by atoms with van der Waals surface area (Å²) in [7, 11) is -3.69. The van der Waals surface area contributed by atoms with Crippen molar-refractivity contribution < 1.29 is 12.6 Å². The summed E-state index contributed by atoms with van der Waals surface area (Å²) in [6.45, 7) is 2.16. The minimum absolute atomic E-state index is 0.215. The van der Waals surface area contributed by atoms with Crippen LogP contribution in [0.4, 0.5) is 0 Å². The second-order valence-corrected chi connectivity index (χ2v) is 8.40. The highest BCUT2D eigenvalue weighted by atomic mass is 32.2. The summed E-state index contributed by atoms with van der Waals surface area (Å²) in [5.41, 5.74) is 4.77. The molecule has 0 aliphatic heterocycles. The zero-order chi connectivity index (χ0) is 17.4. The van der Waals surface area contributed by atoms with Crippen LogP contribution in [0.15, 0.2) is 53.4 Å². The van der Waals surface area contributed by atoms with Gasteiger partial charge in [-0.2, -0.15) is 8.42 Å². The number of aromatic amines is 1. The van der Waals surface area contributed by atoms with Crippen molar-refractivity contribution in [1.82, 2.24) is 4.98 Å². The van der Waals surface area contributed by atoms with E-state index in [4.69, 9.17) is 4.18 Å². The van der Waals surface area contributed by atoms with Crippen LogP contribution in [0.1, 0.15) is 23.2 Å². The van der Waals surface area contributed by atoms with Crippen LogP contribution >= 0.6 is 0 Å². The fourth-order valence-electron chi connectivity index (χ4n) is 3.54. The molecule has 0 spiro atoms. The van der Waals surface area contributed by atoms with Crippen LogP contribution in [0.25, 0.3) is 10.9 Å². The van der Waals surface area contributed by atoms with E-state index in [0.29, 0.717) is 0 Å². The number of H-pyrrole nitrogens is 1. The first-order valence-electron chi connectivity index (χ1n) is 8.57. The molecule has 3 aromatic rings. The number of rotatable bonds is 4. The fourth-order valence-corrected chi connectivity index (χ4v) is 4.52. The molecule has 0 saturated carbocycles. The Hall–Kier alpha value is -2.11. The van der Waals surface area contributed by atoms with Crippen LogP contribution in [-0.4, -0.2) is 20.0 Å². The maximum absolute atomic E-state index is 12.4. The Labute approximate surface area is 148 Å². The largest absolute Gasteiger partial charge is 0.358 e. The molecule has 130 valence electrons. The standard InChI is InChI=1S/C20H21NO3S/c1-14-6-9-16(10-7-14)25(22,23)24-13-15-8-11-20-18(12-15)17-4-2-3-5-19(17)21-20/h2-7,9-10,15,21H,8,11-13H2,1H3/t15-/m1/s1. The number of aryl methyl sites for hydroxylation is 2. The van der Waals surface area contributed by atoms with Crippen molar-refractivity contribution in [2.45, 2.75) is 31.1 Å². The second kappa shape index (κ2) is 6.32. The number of para-hydroxylation sites is 1. The van der Waals surface area contributed by atoms with E-state index in [2.05, 4.69) is 17.1 Å². The topological polar surface area (TPSA) is 59.2 Å². The van der Waals surface area contributed by atoms with Gasteiger partial charge in [0.2, 0.25) is 0 Å². The lowest BCUT2D eigenvalue weighted by molar-refractivity contribution is 0.239. The molecule has 0 bridgehead atoms. The average Bonchev–Trinajstić information content (AvgIpc) is 2.98. The first-order valence-corrected chi connectivity index (χ1v) is 9.98. The summed E-state index contributed by atoms with van der Waals surface area (Å²) in [6.07, 6.45) is 2.72. The van der Waals surface area contributed by atoms with Crippen LogP contribution in [0.5, 0.6) is 0 Å². The molecular formula is C20H21NO3S. The lowest BCUT2D eigenvalue weighted by Crippen LogP contribution is -2.21. The van der Waals surface area contributed by atoms with Crippen molar-refractivity contribution in [1.29, 1.82) is 0 Å². The van der Waals surface area contributed by atoms with Gasteiger partial charge >= 0.3 is 0 Å². The van der Waals surface area contributed by atoms with Crippen LogP contribution < -0.4 is 0 Å². The van der Waals surface area contributed by atoms with Gasteiger partial charge < -0.3 is 4.98 Å². The van der Waals surface area contributed by atoms with Crippen molar-refractivity contribution in [2.75, 3.05) is 6.61 Å². The summed E-state index contributed by atoms with van der Waals surface area (Å²) < 4.78 is 30.1. The fraction of sp³-hybridized carbons (Fsp3) is 0.300. The zero-order valence-electron chi connectivity index (χ0n) is 14.2. The SMILES string of the molecule is Cc1ccc(S(=O)(=O)OC[C@@H]2CCc3[nH]c4ccccc4c3C2)cc1. The van der Waals surface area contributed by atoms with Gasteiger partial charge in [0.05, 0.1) is 11.5 Å². The Morgan fingerprint density at radius 1 is 1.12 bits per heavy atom. The van der Waals surface area contributed by atoms with Crippen molar-refractivity contribution >= 4 is 21.0 Å². The van der Waals surface area contributed by atoms with E-state index in [0.717, 1.165) is 30.3 Å². The van der Waals surface area contributed by atoms with Crippen LogP contribution in [-0.2, 0) is 27.1 Å². The minimum Gasteiger partial charge on any atom is -0.358 e. The van der Waals surface area contributed by atoms with E-state index in [1.165, 1.54) is 16.6 Å². The Morgan fingerprint density at radius 2 is 1.88 bits per heavy atom. The van der Waals surface area contributed by atoms with Gasteiger partial charge in [0.1, 0.15) is 0 Å². The van der Waals surface area contributed by atoms with Gasteiger partial charge in [-0.1, -0.05) is 35.9 Å². The van der Waals surface area contributed by atoms with Gasteiger partial charge in [-0.15, -0.1) is 0 Å². The zero-order valence-corrected chi connectivity index (χ0v) is 15.0. The van der Waals surface area contributed by atoms with E-state index in [1.54, 1.807) is 24.3 Å². The molecule has 0 fully saturated rings. The summed E-state index contributed by atoms with van der Waals surface area (Å²) in [5.74, 6) is 0.215. The Bertz CT molecular complexity index is 1000. The summed E-state index contributed by atoms with van der Waals surface area (Å²) in [5, 5.41) is 1.24. The molecule has 0 saturated heterocycles. The Morgan fingerprint density at radius 3 is 2.68 bits per heavy atom. The van der Waals surface area contributed by atoms with E-state index < -0.39 is 10.1 Å². The van der Waals surface area contributed by atoms with Crippen LogP contribution in [0.3, 0.4) is 0 Å². The van der Waals surface area contributed by atoms with E-state index >= 15 is 0 Å². The molecule has 1 aromatic heterocycles. The number of fused-ring (bicyclic) bond motifs is 3. The van der Waals surface area contributed by atoms with E-state index in [-0.39, 0.29) is 17.4 Å². The first-order chi connectivity index (χ1) is 12.0. The third kappa shape index (κ3) is 3.22. The smallest absolute Gasteiger partial charge is 0.296 e. The van der Waals surface area contributed by atoms with E-state index in [1.807, 2.05) is 19.1 Å². The van der Waals surface area contributed by atoms with Gasteiger partial charge in [-0.3, -0.25) is 4.18 Å². The maximum atomic E-state index is 12.4. The Kier molecular flexibility index (Phi) is 4.13. The Balaban J connectivity index is 1.48. The van der Waals surface area contributed by atoms with Gasteiger partial charge in [-0.25, -0.2) is 0 Å². The molecule has 0 unspecified atom stereocenters. The molecule has 1 heterocycles. The predicted octanol–water partition coefficient (Wildman–Crippen LogP) is 3.99. The molecule has 4 rings (SSSR count).